The van der Waals surface area contributed by atoms with E-state index in [4.69, 9.17) is 21.1 Å². The van der Waals surface area contributed by atoms with Crippen molar-refractivity contribution in [3.05, 3.63) is 88.4 Å². The predicted octanol–water partition coefficient (Wildman–Crippen LogP) is 5.53. The third-order valence-electron chi connectivity index (χ3n) is 5.43. The minimum atomic E-state index is -0.904. The van der Waals surface area contributed by atoms with Gasteiger partial charge in [0.25, 0.3) is 0 Å². The maximum atomic E-state index is 13.1. The number of methoxy groups -OCH3 is 1. The summed E-state index contributed by atoms with van der Waals surface area (Å²) in [6.07, 6.45) is -0.173. The summed E-state index contributed by atoms with van der Waals surface area (Å²) in [6.45, 7) is 2.00. The second-order valence-electron chi connectivity index (χ2n) is 7.18. The van der Waals surface area contributed by atoms with Crippen LogP contribution in [0, 0.1) is 0 Å². The first-order valence-electron chi connectivity index (χ1n) is 9.79. The standard InChI is InChI=1S/C25H21ClO4/c1-3-15-13-17(18-10-12-21(29-2)20(26)14-18)9-11-19(15)22-23(27)24(30-25(22)28)16-7-5-4-6-8-16/h4-14,22,24H,3H2,1-2H3. The lowest BCUT2D eigenvalue weighted by Gasteiger charge is -2.14. The van der Waals surface area contributed by atoms with Crippen LogP contribution in [0.1, 0.15) is 35.6 Å². The van der Waals surface area contributed by atoms with Gasteiger partial charge in [0.15, 0.2) is 11.9 Å². The molecule has 0 aliphatic carbocycles. The van der Waals surface area contributed by atoms with Gasteiger partial charge in [0, 0.05) is 5.56 Å². The first kappa shape index (κ1) is 20.2. The quantitative estimate of drug-likeness (QED) is 0.402. The first-order valence-corrected chi connectivity index (χ1v) is 10.2. The molecule has 0 aromatic heterocycles. The highest BCUT2D eigenvalue weighted by Gasteiger charge is 2.45. The molecule has 3 aromatic carbocycles. The van der Waals surface area contributed by atoms with E-state index >= 15 is 0 Å². The number of carbonyl (C=O) groups is 2. The highest BCUT2D eigenvalue weighted by molar-refractivity contribution is 6.32. The fourth-order valence-corrected chi connectivity index (χ4v) is 4.13. The number of cyclic esters (lactones) is 1. The average Bonchev–Trinajstić information content (AvgIpc) is 3.07. The third kappa shape index (κ3) is 3.59. The van der Waals surface area contributed by atoms with E-state index in [9.17, 15) is 9.59 Å². The van der Waals surface area contributed by atoms with Gasteiger partial charge in [0.05, 0.1) is 12.1 Å². The number of esters is 1. The Morgan fingerprint density at radius 1 is 0.967 bits per heavy atom. The molecule has 30 heavy (non-hydrogen) atoms. The summed E-state index contributed by atoms with van der Waals surface area (Å²) < 4.78 is 10.7. The fourth-order valence-electron chi connectivity index (χ4n) is 3.87. The van der Waals surface area contributed by atoms with Crippen LogP contribution in [-0.4, -0.2) is 18.9 Å². The number of carbonyl (C=O) groups excluding carboxylic acids is 2. The summed E-state index contributed by atoms with van der Waals surface area (Å²) >= 11 is 6.27. The highest BCUT2D eigenvalue weighted by Crippen LogP contribution is 2.39. The molecule has 1 aliphatic rings. The van der Waals surface area contributed by atoms with Crippen molar-refractivity contribution in [2.45, 2.75) is 25.4 Å². The molecule has 2 unspecified atom stereocenters. The molecule has 1 aliphatic heterocycles. The number of halogens is 1. The fraction of sp³-hybridized carbons (Fsp3) is 0.200. The van der Waals surface area contributed by atoms with E-state index in [2.05, 4.69) is 0 Å². The van der Waals surface area contributed by atoms with E-state index in [1.165, 1.54) is 0 Å². The van der Waals surface area contributed by atoms with Crippen LogP contribution in [0.3, 0.4) is 0 Å². The van der Waals surface area contributed by atoms with Gasteiger partial charge in [-0.2, -0.15) is 0 Å². The minimum Gasteiger partial charge on any atom is -0.495 e. The molecule has 0 radical (unpaired) electrons. The Hall–Kier alpha value is -3.11. The van der Waals surface area contributed by atoms with Crippen LogP contribution in [0.5, 0.6) is 5.75 Å². The van der Waals surface area contributed by atoms with Gasteiger partial charge in [-0.25, -0.2) is 0 Å². The van der Waals surface area contributed by atoms with E-state index in [0.29, 0.717) is 28.3 Å². The van der Waals surface area contributed by atoms with Gasteiger partial charge in [-0.3, -0.25) is 9.59 Å². The van der Waals surface area contributed by atoms with E-state index in [1.54, 1.807) is 19.2 Å². The average molecular weight is 421 g/mol. The largest absolute Gasteiger partial charge is 0.495 e. The molecule has 2 atom stereocenters. The van der Waals surface area contributed by atoms with Crippen molar-refractivity contribution < 1.29 is 19.1 Å². The molecule has 1 heterocycles. The molecule has 0 spiro atoms. The molecule has 4 rings (SSSR count). The van der Waals surface area contributed by atoms with Gasteiger partial charge < -0.3 is 9.47 Å². The van der Waals surface area contributed by atoms with Crippen LogP contribution in [0.25, 0.3) is 11.1 Å². The van der Waals surface area contributed by atoms with Gasteiger partial charge in [0.2, 0.25) is 0 Å². The lowest BCUT2D eigenvalue weighted by Crippen LogP contribution is -2.16. The zero-order chi connectivity index (χ0) is 21.3. The monoisotopic (exact) mass is 420 g/mol. The number of ketones is 1. The van der Waals surface area contributed by atoms with E-state index in [-0.39, 0.29) is 5.78 Å². The lowest BCUT2D eigenvalue weighted by molar-refractivity contribution is -0.143. The summed E-state index contributed by atoms with van der Waals surface area (Å²) in [7, 11) is 1.57. The smallest absolute Gasteiger partial charge is 0.322 e. The number of hydrogen-bond acceptors (Lipinski definition) is 4. The van der Waals surface area contributed by atoms with Crippen molar-refractivity contribution >= 4 is 23.4 Å². The maximum absolute atomic E-state index is 13.1. The molecular weight excluding hydrogens is 400 g/mol. The Balaban J connectivity index is 1.69. The van der Waals surface area contributed by atoms with Crippen LogP contribution < -0.4 is 4.74 Å². The number of rotatable bonds is 5. The topological polar surface area (TPSA) is 52.6 Å². The van der Waals surface area contributed by atoms with Gasteiger partial charge in [0.1, 0.15) is 11.7 Å². The molecule has 0 amide bonds. The van der Waals surface area contributed by atoms with Crippen molar-refractivity contribution in [2.75, 3.05) is 7.11 Å². The first-order chi connectivity index (χ1) is 14.5. The number of aryl methyl sites for hydroxylation is 1. The summed E-state index contributed by atoms with van der Waals surface area (Å²) in [5.41, 5.74) is 4.22. The van der Waals surface area contributed by atoms with Gasteiger partial charge in [-0.1, -0.05) is 73.1 Å². The van der Waals surface area contributed by atoms with Crippen molar-refractivity contribution in [3.63, 3.8) is 0 Å². The highest BCUT2D eigenvalue weighted by atomic mass is 35.5. The molecule has 1 saturated heterocycles. The SMILES string of the molecule is CCc1cc(-c2ccc(OC)c(Cl)c2)ccc1C1C(=O)OC(c2ccccc2)C1=O. The van der Waals surface area contributed by atoms with Crippen molar-refractivity contribution in [2.24, 2.45) is 0 Å². The molecular formula is C25H21ClO4. The second-order valence-corrected chi connectivity index (χ2v) is 7.59. The van der Waals surface area contributed by atoms with Crippen LogP contribution in [0.2, 0.25) is 5.02 Å². The van der Waals surface area contributed by atoms with Crippen molar-refractivity contribution in [1.82, 2.24) is 0 Å². The Bertz CT molecular complexity index is 1110. The number of benzene rings is 3. The van der Waals surface area contributed by atoms with Crippen LogP contribution in [0.15, 0.2) is 66.7 Å². The Labute approximate surface area is 180 Å². The van der Waals surface area contributed by atoms with Crippen LogP contribution >= 0.6 is 11.6 Å². The molecule has 0 N–H and O–H groups in total. The zero-order valence-electron chi connectivity index (χ0n) is 16.7. The Morgan fingerprint density at radius 3 is 2.33 bits per heavy atom. The molecule has 152 valence electrons. The summed E-state index contributed by atoms with van der Waals surface area (Å²) in [6, 6.07) is 20.5. The van der Waals surface area contributed by atoms with Crippen molar-refractivity contribution in [1.29, 1.82) is 0 Å². The zero-order valence-corrected chi connectivity index (χ0v) is 17.5. The minimum absolute atomic E-state index is 0.221. The normalized spacial score (nSPS) is 18.4. The Morgan fingerprint density at radius 2 is 1.67 bits per heavy atom. The van der Waals surface area contributed by atoms with E-state index in [0.717, 1.165) is 16.7 Å². The van der Waals surface area contributed by atoms with Crippen LogP contribution in [0.4, 0.5) is 0 Å². The number of ether oxygens (including phenoxy) is 2. The predicted molar refractivity (Wildman–Crippen MR) is 116 cm³/mol. The summed E-state index contributed by atoms with van der Waals surface area (Å²) in [5, 5.41) is 0.525. The van der Waals surface area contributed by atoms with Gasteiger partial charge in [-0.15, -0.1) is 0 Å². The molecule has 4 nitrogen and oxygen atoms in total. The second kappa shape index (κ2) is 8.33. The summed E-state index contributed by atoms with van der Waals surface area (Å²) in [4.78, 5) is 25.7. The van der Waals surface area contributed by atoms with E-state index < -0.39 is 18.0 Å². The number of Topliss-reactive ketones (excluding diaryl/α,β-unsaturated/α-hetero) is 1. The summed E-state index contributed by atoms with van der Waals surface area (Å²) in [5.74, 6) is -1.01. The van der Waals surface area contributed by atoms with Gasteiger partial charge in [-0.05, 0) is 40.8 Å². The molecule has 0 saturated carbocycles. The molecule has 5 heteroatoms. The third-order valence-corrected chi connectivity index (χ3v) is 5.73. The molecule has 1 fully saturated rings. The molecule has 0 bridgehead atoms. The van der Waals surface area contributed by atoms with Crippen LogP contribution in [-0.2, 0) is 20.7 Å². The van der Waals surface area contributed by atoms with Gasteiger partial charge >= 0.3 is 5.97 Å². The number of hydrogen-bond donors (Lipinski definition) is 0. The Kier molecular flexibility index (Phi) is 5.60. The molecule has 3 aromatic rings. The lowest BCUT2D eigenvalue weighted by atomic mass is 9.86. The van der Waals surface area contributed by atoms with E-state index in [1.807, 2.05) is 61.5 Å². The van der Waals surface area contributed by atoms with Crippen molar-refractivity contribution in [3.8, 4) is 16.9 Å². The maximum Gasteiger partial charge on any atom is 0.322 e.